The van der Waals surface area contributed by atoms with Crippen LogP contribution in [0.5, 0.6) is 0 Å². The molecular weight excluding hydrogens is 254 g/mol. The van der Waals surface area contributed by atoms with Crippen LogP contribution in [0.25, 0.3) is 0 Å². The number of benzene rings is 1. The Hall–Kier alpha value is -2.37. The first-order valence-corrected chi connectivity index (χ1v) is 6.65. The number of nitrogens with zero attached hydrogens (tertiary/aromatic N) is 3. The Labute approximate surface area is 118 Å². The van der Waals surface area contributed by atoms with E-state index in [2.05, 4.69) is 27.4 Å². The van der Waals surface area contributed by atoms with Gasteiger partial charge in [0.1, 0.15) is 12.2 Å². The van der Waals surface area contributed by atoms with E-state index < -0.39 is 0 Å². The number of H-pyrrole nitrogens is 1. The Bertz CT molecular complexity index is 552. The van der Waals surface area contributed by atoms with Crippen molar-refractivity contribution in [3.05, 3.63) is 42.0 Å². The smallest absolute Gasteiger partial charge is 0.256 e. The minimum atomic E-state index is -0.0411. The van der Waals surface area contributed by atoms with Gasteiger partial charge >= 0.3 is 0 Å². The molecule has 0 fully saturated rings. The van der Waals surface area contributed by atoms with Crippen LogP contribution in [0.4, 0.5) is 5.69 Å². The molecule has 2 aromatic rings. The highest BCUT2D eigenvalue weighted by Crippen LogP contribution is 2.17. The highest BCUT2D eigenvalue weighted by molar-refractivity contribution is 5.99. The van der Waals surface area contributed by atoms with Gasteiger partial charge in [-0.3, -0.25) is 9.89 Å². The first-order valence-electron chi connectivity index (χ1n) is 6.65. The second-order valence-electron chi connectivity index (χ2n) is 4.57. The lowest BCUT2D eigenvalue weighted by molar-refractivity contribution is 0.0782. The zero-order valence-corrected chi connectivity index (χ0v) is 11.8. The predicted octanol–water partition coefficient (Wildman–Crippen LogP) is 1.90. The zero-order chi connectivity index (χ0) is 14.4. The van der Waals surface area contributed by atoms with Crippen LogP contribution in [0.15, 0.2) is 30.6 Å². The predicted molar refractivity (Wildman–Crippen MR) is 77.4 cm³/mol. The maximum Gasteiger partial charge on any atom is 0.256 e. The van der Waals surface area contributed by atoms with E-state index >= 15 is 0 Å². The summed E-state index contributed by atoms with van der Waals surface area (Å²) >= 11 is 0. The minimum Gasteiger partial charge on any atom is -0.384 e. The molecule has 0 unspecified atom stereocenters. The van der Waals surface area contributed by atoms with E-state index in [-0.39, 0.29) is 5.91 Å². The molecule has 1 amide bonds. The van der Waals surface area contributed by atoms with Gasteiger partial charge in [-0.25, -0.2) is 4.98 Å². The summed E-state index contributed by atoms with van der Waals surface area (Å²) in [4.78, 5) is 18.1. The first kappa shape index (κ1) is 14.0. The fourth-order valence-corrected chi connectivity index (χ4v) is 1.89. The number of aromatic nitrogens is 3. The quantitative estimate of drug-likeness (QED) is 0.843. The molecule has 0 radical (unpaired) electrons. The van der Waals surface area contributed by atoms with Gasteiger partial charge in [-0.2, -0.15) is 5.10 Å². The molecule has 106 valence electrons. The Morgan fingerprint density at radius 2 is 2.20 bits per heavy atom. The molecule has 6 heteroatoms. The summed E-state index contributed by atoms with van der Waals surface area (Å²) in [6, 6.07) is 7.54. The summed E-state index contributed by atoms with van der Waals surface area (Å²) in [5.74, 6) is 0.625. The van der Waals surface area contributed by atoms with E-state index in [9.17, 15) is 4.79 Å². The van der Waals surface area contributed by atoms with Crippen molar-refractivity contribution >= 4 is 11.6 Å². The summed E-state index contributed by atoms with van der Waals surface area (Å²) in [6.45, 7) is 3.34. The summed E-state index contributed by atoms with van der Waals surface area (Å²) in [5.41, 5.74) is 1.53. The fraction of sp³-hybridized carbons (Fsp3) is 0.357. The third kappa shape index (κ3) is 3.34. The van der Waals surface area contributed by atoms with Crippen LogP contribution >= 0.6 is 0 Å². The molecule has 2 N–H and O–H groups in total. The molecule has 0 atom stereocenters. The molecule has 0 spiro atoms. The number of rotatable bonds is 6. The lowest BCUT2D eigenvalue weighted by Crippen LogP contribution is -2.27. The van der Waals surface area contributed by atoms with E-state index in [1.165, 1.54) is 6.33 Å². The van der Waals surface area contributed by atoms with Crippen molar-refractivity contribution in [1.82, 2.24) is 20.1 Å². The lowest BCUT2D eigenvalue weighted by atomic mass is 10.1. The Morgan fingerprint density at radius 3 is 2.90 bits per heavy atom. The Kier molecular flexibility index (Phi) is 4.70. The third-order valence-electron chi connectivity index (χ3n) is 2.92. The van der Waals surface area contributed by atoms with Crippen LogP contribution in [0, 0.1) is 0 Å². The molecule has 2 rings (SSSR count). The standard InChI is InChI=1S/C14H19N5O/c1-3-8-15-12-7-5-4-6-11(12)14(20)19(2)9-13-16-10-17-18-13/h4-7,10,15H,3,8-9H2,1-2H3,(H,16,17,18). The summed E-state index contributed by atoms with van der Waals surface area (Å²) in [5, 5.41) is 9.81. The molecule has 0 aliphatic carbocycles. The SMILES string of the molecule is CCCNc1ccccc1C(=O)N(C)Cc1ncn[nH]1. The van der Waals surface area contributed by atoms with Crippen LogP contribution < -0.4 is 5.32 Å². The normalized spacial score (nSPS) is 10.3. The van der Waals surface area contributed by atoms with E-state index in [4.69, 9.17) is 0 Å². The molecule has 6 nitrogen and oxygen atoms in total. The van der Waals surface area contributed by atoms with Gasteiger partial charge in [0.2, 0.25) is 0 Å². The molecule has 1 aromatic carbocycles. The van der Waals surface area contributed by atoms with Crippen LogP contribution in [0.3, 0.4) is 0 Å². The van der Waals surface area contributed by atoms with Gasteiger partial charge in [0.15, 0.2) is 0 Å². The van der Waals surface area contributed by atoms with Crippen molar-refractivity contribution in [2.45, 2.75) is 19.9 Å². The van der Waals surface area contributed by atoms with Gasteiger partial charge in [-0.1, -0.05) is 19.1 Å². The van der Waals surface area contributed by atoms with E-state index in [1.807, 2.05) is 24.3 Å². The number of aromatic amines is 1. The molecule has 0 bridgehead atoms. The van der Waals surface area contributed by atoms with E-state index in [0.717, 1.165) is 18.7 Å². The van der Waals surface area contributed by atoms with Crippen LogP contribution in [0.2, 0.25) is 0 Å². The van der Waals surface area contributed by atoms with Gasteiger partial charge in [0.05, 0.1) is 12.1 Å². The zero-order valence-electron chi connectivity index (χ0n) is 11.8. The van der Waals surface area contributed by atoms with Gasteiger partial charge in [-0.05, 0) is 18.6 Å². The van der Waals surface area contributed by atoms with Crippen LogP contribution in [-0.4, -0.2) is 39.6 Å². The maximum absolute atomic E-state index is 12.5. The molecule has 1 aromatic heterocycles. The number of nitrogens with one attached hydrogen (secondary N) is 2. The monoisotopic (exact) mass is 273 g/mol. The average Bonchev–Trinajstić information content (AvgIpc) is 2.97. The molecule has 1 heterocycles. The van der Waals surface area contributed by atoms with Crippen molar-refractivity contribution < 1.29 is 4.79 Å². The highest BCUT2D eigenvalue weighted by Gasteiger charge is 2.16. The van der Waals surface area contributed by atoms with Crippen molar-refractivity contribution in [3.63, 3.8) is 0 Å². The number of carbonyl (C=O) groups excluding carboxylic acids is 1. The molecule has 0 aliphatic heterocycles. The molecule has 0 saturated heterocycles. The van der Waals surface area contributed by atoms with Gasteiger partial charge in [0, 0.05) is 19.3 Å². The minimum absolute atomic E-state index is 0.0411. The number of amides is 1. The number of carbonyl (C=O) groups is 1. The van der Waals surface area contributed by atoms with Crippen molar-refractivity contribution in [3.8, 4) is 0 Å². The van der Waals surface area contributed by atoms with Crippen molar-refractivity contribution in [2.75, 3.05) is 18.9 Å². The van der Waals surface area contributed by atoms with Crippen molar-refractivity contribution in [1.29, 1.82) is 0 Å². The number of hydrogen-bond donors (Lipinski definition) is 2. The van der Waals surface area contributed by atoms with E-state index in [1.54, 1.807) is 11.9 Å². The number of hydrogen-bond acceptors (Lipinski definition) is 4. The Morgan fingerprint density at radius 1 is 1.40 bits per heavy atom. The molecular formula is C14H19N5O. The summed E-state index contributed by atoms with van der Waals surface area (Å²) in [7, 11) is 1.75. The maximum atomic E-state index is 12.5. The van der Waals surface area contributed by atoms with Gasteiger partial charge in [-0.15, -0.1) is 0 Å². The first-order chi connectivity index (χ1) is 9.72. The second-order valence-corrected chi connectivity index (χ2v) is 4.57. The summed E-state index contributed by atoms with van der Waals surface area (Å²) < 4.78 is 0. The molecule has 0 saturated carbocycles. The summed E-state index contributed by atoms with van der Waals surface area (Å²) in [6.07, 6.45) is 2.45. The largest absolute Gasteiger partial charge is 0.384 e. The average molecular weight is 273 g/mol. The molecule has 20 heavy (non-hydrogen) atoms. The number of anilines is 1. The Balaban J connectivity index is 2.11. The highest BCUT2D eigenvalue weighted by atomic mass is 16.2. The van der Waals surface area contributed by atoms with Crippen molar-refractivity contribution in [2.24, 2.45) is 0 Å². The number of para-hydroxylation sites is 1. The fourth-order valence-electron chi connectivity index (χ4n) is 1.89. The van der Waals surface area contributed by atoms with Crippen LogP contribution in [-0.2, 0) is 6.54 Å². The van der Waals surface area contributed by atoms with Gasteiger partial charge in [0.25, 0.3) is 5.91 Å². The third-order valence-corrected chi connectivity index (χ3v) is 2.92. The van der Waals surface area contributed by atoms with E-state index in [0.29, 0.717) is 17.9 Å². The lowest BCUT2D eigenvalue weighted by Gasteiger charge is -2.18. The van der Waals surface area contributed by atoms with Crippen LogP contribution in [0.1, 0.15) is 29.5 Å². The second kappa shape index (κ2) is 6.70. The molecule has 0 aliphatic rings. The van der Waals surface area contributed by atoms with Gasteiger partial charge < -0.3 is 10.2 Å². The topological polar surface area (TPSA) is 73.9 Å².